The lowest BCUT2D eigenvalue weighted by Gasteiger charge is -2.35. The standard InChI is InChI=1S/C32H41N3O5/c1-32(2,3)40-31(37)34-16-18-39-29(22-34)30(36)35(26-12-13-26)21-25-20-33(15-8-17-38-4)28-19-24(11-14-27(25)28)23-9-6-5-7-10-23/h5-7,9-11,14,19-20,26,29H,8,12-13,15-18,21-22H2,1-4H3/t29-/m1/s1. The van der Waals surface area contributed by atoms with E-state index in [-0.39, 0.29) is 18.5 Å². The van der Waals surface area contributed by atoms with Crippen LogP contribution in [0.5, 0.6) is 0 Å². The van der Waals surface area contributed by atoms with E-state index in [4.69, 9.17) is 14.2 Å². The van der Waals surface area contributed by atoms with Gasteiger partial charge in [-0.3, -0.25) is 4.79 Å². The van der Waals surface area contributed by atoms with Crippen LogP contribution in [0.25, 0.3) is 22.0 Å². The van der Waals surface area contributed by atoms with Crippen LogP contribution in [-0.4, -0.2) is 77.5 Å². The minimum absolute atomic E-state index is 0.0584. The Labute approximate surface area is 236 Å². The normalized spacial score (nSPS) is 17.7. The van der Waals surface area contributed by atoms with Gasteiger partial charge in [0.05, 0.1) is 13.2 Å². The van der Waals surface area contributed by atoms with Crippen molar-refractivity contribution in [3.63, 3.8) is 0 Å². The van der Waals surface area contributed by atoms with Gasteiger partial charge in [0.1, 0.15) is 5.60 Å². The molecule has 2 heterocycles. The molecule has 1 atom stereocenters. The van der Waals surface area contributed by atoms with Crippen LogP contribution >= 0.6 is 0 Å². The molecule has 2 aliphatic rings. The van der Waals surface area contributed by atoms with Gasteiger partial charge in [0.15, 0.2) is 6.10 Å². The number of nitrogens with zero attached hydrogens (tertiary/aromatic N) is 3. The molecule has 0 bridgehead atoms. The molecular weight excluding hydrogens is 506 g/mol. The lowest BCUT2D eigenvalue weighted by Crippen LogP contribution is -2.53. The zero-order chi connectivity index (χ0) is 28.3. The van der Waals surface area contributed by atoms with Crippen molar-refractivity contribution >= 4 is 22.9 Å². The maximum absolute atomic E-state index is 13.8. The fraction of sp³-hybridized carbons (Fsp3) is 0.500. The molecule has 8 nitrogen and oxygen atoms in total. The summed E-state index contributed by atoms with van der Waals surface area (Å²) >= 11 is 0. The van der Waals surface area contributed by atoms with E-state index in [1.165, 1.54) is 11.1 Å². The Morgan fingerprint density at radius 3 is 2.55 bits per heavy atom. The second-order valence-corrected chi connectivity index (χ2v) is 11.8. The first kappa shape index (κ1) is 28.2. The molecule has 214 valence electrons. The Morgan fingerprint density at radius 2 is 1.85 bits per heavy atom. The molecule has 0 N–H and O–H groups in total. The number of aromatic nitrogens is 1. The van der Waals surface area contributed by atoms with Crippen LogP contribution in [0.3, 0.4) is 0 Å². The van der Waals surface area contributed by atoms with Crippen LogP contribution in [0, 0.1) is 0 Å². The Hall–Kier alpha value is -3.36. The largest absolute Gasteiger partial charge is 0.444 e. The number of carbonyl (C=O) groups is 2. The highest BCUT2D eigenvalue weighted by Gasteiger charge is 2.39. The Kier molecular flexibility index (Phi) is 8.47. The number of hydrogen-bond acceptors (Lipinski definition) is 5. The van der Waals surface area contributed by atoms with Gasteiger partial charge in [0.2, 0.25) is 0 Å². The molecule has 3 aromatic rings. The van der Waals surface area contributed by atoms with Gasteiger partial charge < -0.3 is 28.6 Å². The van der Waals surface area contributed by atoms with E-state index in [9.17, 15) is 9.59 Å². The number of methoxy groups -OCH3 is 1. The van der Waals surface area contributed by atoms with Crippen molar-refractivity contribution in [3.8, 4) is 11.1 Å². The van der Waals surface area contributed by atoms with Crippen molar-refractivity contribution in [2.24, 2.45) is 0 Å². The van der Waals surface area contributed by atoms with Gasteiger partial charge in [0.25, 0.3) is 5.91 Å². The van der Waals surface area contributed by atoms with Crippen LogP contribution in [0.1, 0.15) is 45.6 Å². The predicted molar refractivity (Wildman–Crippen MR) is 155 cm³/mol. The number of rotatable bonds is 9. The minimum atomic E-state index is -0.693. The van der Waals surface area contributed by atoms with Crippen LogP contribution in [0.15, 0.2) is 54.7 Å². The lowest BCUT2D eigenvalue weighted by molar-refractivity contribution is -0.150. The zero-order valence-corrected chi connectivity index (χ0v) is 24.1. The molecule has 0 radical (unpaired) electrons. The molecule has 1 aliphatic heterocycles. The second kappa shape index (κ2) is 12.0. The van der Waals surface area contributed by atoms with E-state index in [2.05, 4.69) is 53.2 Å². The Balaban J connectivity index is 1.39. The van der Waals surface area contributed by atoms with Crippen molar-refractivity contribution in [2.45, 2.75) is 70.9 Å². The summed E-state index contributed by atoms with van der Waals surface area (Å²) in [5.41, 5.74) is 4.02. The molecule has 8 heteroatoms. The molecule has 2 amide bonds. The first-order valence-corrected chi connectivity index (χ1v) is 14.3. The maximum atomic E-state index is 13.8. The smallest absolute Gasteiger partial charge is 0.410 e. The number of ether oxygens (including phenoxy) is 3. The summed E-state index contributed by atoms with van der Waals surface area (Å²) in [6, 6.07) is 17.2. The molecule has 1 saturated heterocycles. The van der Waals surface area contributed by atoms with Crippen LogP contribution in [-0.2, 0) is 32.1 Å². The van der Waals surface area contributed by atoms with Gasteiger partial charge in [-0.05, 0) is 62.8 Å². The molecule has 40 heavy (non-hydrogen) atoms. The van der Waals surface area contributed by atoms with Crippen molar-refractivity contribution in [1.82, 2.24) is 14.4 Å². The van der Waals surface area contributed by atoms with Crippen LogP contribution < -0.4 is 0 Å². The van der Waals surface area contributed by atoms with Crippen molar-refractivity contribution in [1.29, 1.82) is 0 Å². The molecule has 1 saturated carbocycles. The highest BCUT2D eigenvalue weighted by atomic mass is 16.6. The first-order valence-electron chi connectivity index (χ1n) is 14.3. The Morgan fingerprint density at radius 1 is 1.07 bits per heavy atom. The van der Waals surface area contributed by atoms with E-state index >= 15 is 0 Å². The quantitative estimate of drug-likeness (QED) is 0.332. The maximum Gasteiger partial charge on any atom is 0.410 e. The fourth-order valence-electron chi connectivity index (χ4n) is 5.30. The summed E-state index contributed by atoms with van der Waals surface area (Å²) in [4.78, 5) is 30.1. The van der Waals surface area contributed by atoms with E-state index in [0.717, 1.165) is 42.3 Å². The summed E-state index contributed by atoms with van der Waals surface area (Å²) in [5, 5.41) is 1.15. The predicted octanol–water partition coefficient (Wildman–Crippen LogP) is 5.47. The Bertz CT molecular complexity index is 1330. The third-order valence-corrected chi connectivity index (χ3v) is 7.42. The summed E-state index contributed by atoms with van der Waals surface area (Å²) in [6.07, 6.45) is 3.96. The SMILES string of the molecule is COCCCn1cc(CN(C(=O)[C@H]2CN(C(=O)OC(C)(C)C)CCO2)C2CC2)c2ccc(-c3ccccc3)cc21. The van der Waals surface area contributed by atoms with Gasteiger partial charge in [-0.1, -0.05) is 42.5 Å². The zero-order valence-electron chi connectivity index (χ0n) is 24.1. The highest BCUT2D eigenvalue weighted by molar-refractivity contribution is 5.89. The van der Waals surface area contributed by atoms with Gasteiger partial charge in [-0.2, -0.15) is 0 Å². The molecule has 5 rings (SSSR count). The molecule has 1 aliphatic carbocycles. The van der Waals surface area contributed by atoms with Gasteiger partial charge in [-0.15, -0.1) is 0 Å². The monoisotopic (exact) mass is 547 g/mol. The van der Waals surface area contributed by atoms with E-state index in [1.54, 1.807) is 12.0 Å². The van der Waals surface area contributed by atoms with Crippen LogP contribution in [0.4, 0.5) is 4.79 Å². The van der Waals surface area contributed by atoms with Gasteiger partial charge >= 0.3 is 6.09 Å². The molecule has 2 aromatic carbocycles. The van der Waals surface area contributed by atoms with Crippen molar-refractivity contribution < 1.29 is 23.8 Å². The summed E-state index contributed by atoms with van der Waals surface area (Å²) in [7, 11) is 1.73. The van der Waals surface area contributed by atoms with E-state index in [0.29, 0.717) is 26.3 Å². The molecular formula is C32H41N3O5. The second-order valence-electron chi connectivity index (χ2n) is 11.8. The number of carbonyl (C=O) groups excluding carboxylic acids is 2. The summed E-state index contributed by atoms with van der Waals surface area (Å²) in [5.74, 6) is -0.0584. The van der Waals surface area contributed by atoms with Crippen LogP contribution in [0.2, 0.25) is 0 Å². The third kappa shape index (κ3) is 6.67. The number of benzene rings is 2. The first-order chi connectivity index (χ1) is 19.2. The van der Waals surface area contributed by atoms with E-state index < -0.39 is 17.8 Å². The number of hydrogen-bond donors (Lipinski definition) is 0. The number of morpholine rings is 1. The molecule has 0 spiro atoms. The van der Waals surface area contributed by atoms with E-state index in [1.807, 2.05) is 31.7 Å². The summed E-state index contributed by atoms with van der Waals surface area (Å²) < 4.78 is 19.1. The topological polar surface area (TPSA) is 73.2 Å². The van der Waals surface area contributed by atoms with Gasteiger partial charge in [0, 0.05) is 56.5 Å². The molecule has 2 fully saturated rings. The third-order valence-electron chi connectivity index (χ3n) is 7.42. The minimum Gasteiger partial charge on any atom is -0.444 e. The number of amides is 2. The average Bonchev–Trinajstić information content (AvgIpc) is 3.73. The van der Waals surface area contributed by atoms with Crippen molar-refractivity contribution in [2.75, 3.05) is 33.4 Å². The molecule has 1 aromatic heterocycles. The lowest BCUT2D eigenvalue weighted by atomic mass is 10.0. The van der Waals surface area contributed by atoms with Gasteiger partial charge in [-0.25, -0.2) is 4.79 Å². The number of fused-ring (bicyclic) bond motifs is 1. The average molecular weight is 548 g/mol. The number of aryl methyl sites for hydroxylation is 1. The highest BCUT2D eigenvalue weighted by Crippen LogP contribution is 2.33. The fourth-order valence-corrected chi connectivity index (χ4v) is 5.30. The summed E-state index contributed by atoms with van der Waals surface area (Å²) in [6.45, 7) is 8.50. The van der Waals surface area contributed by atoms with Crippen molar-refractivity contribution in [3.05, 3.63) is 60.3 Å². The molecule has 0 unspecified atom stereocenters.